The summed E-state index contributed by atoms with van der Waals surface area (Å²) in [6.45, 7) is 1.05. The SMILES string of the molecule is COc1ccc(C23CCC(NC(=O)Nc4cccc(SC)c4)CC2N(C)CC3)cc1OC. The molecule has 2 N–H and O–H groups in total. The minimum atomic E-state index is -0.132. The highest BCUT2D eigenvalue weighted by Gasteiger charge is 2.50. The zero-order valence-corrected chi connectivity index (χ0v) is 20.1. The maximum atomic E-state index is 12.7. The summed E-state index contributed by atoms with van der Waals surface area (Å²) < 4.78 is 11.0. The van der Waals surface area contributed by atoms with E-state index in [9.17, 15) is 4.79 Å². The molecule has 4 rings (SSSR count). The van der Waals surface area contributed by atoms with Crippen molar-refractivity contribution in [1.82, 2.24) is 10.2 Å². The molecule has 2 aliphatic rings. The lowest BCUT2D eigenvalue weighted by molar-refractivity contribution is 0.156. The van der Waals surface area contributed by atoms with Gasteiger partial charge in [-0.1, -0.05) is 12.1 Å². The summed E-state index contributed by atoms with van der Waals surface area (Å²) in [5, 5.41) is 6.22. The summed E-state index contributed by atoms with van der Waals surface area (Å²) >= 11 is 1.66. The van der Waals surface area contributed by atoms with Gasteiger partial charge in [0.25, 0.3) is 0 Å². The normalized spacial score (nSPS) is 25.1. The molecule has 0 bridgehead atoms. The number of methoxy groups -OCH3 is 2. The molecule has 3 unspecified atom stereocenters. The molecule has 1 saturated carbocycles. The number of likely N-dealkylation sites (tertiary alicyclic amines) is 1. The number of fused-ring (bicyclic) bond motifs is 1. The molecule has 0 spiro atoms. The summed E-state index contributed by atoms with van der Waals surface area (Å²) in [5.41, 5.74) is 2.21. The Hall–Kier alpha value is -2.38. The summed E-state index contributed by atoms with van der Waals surface area (Å²) in [6.07, 6.45) is 6.07. The van der Waals surface area contributed by atoms with E-state index >= 15 is 0 Å². The lowest BCUT2D eigenvalue weighted by atomic mass is 9.65. The van der Waals surface area contributed by atoms with Crippen molar-refractivity contribution in [2.45, 2.75) is 48.1 Å². The first kappa shape index (κ1) is 22.8. The summed E-state index contributed by atoms with van der Waals surface area (Å²) in [5.74, 6) is 1.54. The zero-order valence-electron chi connectivity index (χ0n) is 19.3. The van der Waals surface area contributed by atoms with Gasteiger partial charge < -0.3 is 25.0 Å². The average Bonchev–Trinajstić information content (AvgIpc) is 3.15. The molecule has 0 aromatic heterocycles. The minimum absolute atomic E-state index is 0.0790. The lowest BCUT2D eigenvalue weighted by Gasteiger charge is -2.45. The van der Waals surface area contributed by atoms with Crippen molar-refractivity contribution in [3.8, 4) is 11.5 Å². The van der Waals surface area contributed by atoms with E-state index in [0.29, 0.717) is 6.04 Å². The first-order valence-electron chi connectivity index (χ1n) is 11.1. The number of urea groups is 1. The van der Waals surface area contributed by atoms with Gasteiger partial charge in [-0.3, -0.25) is 0 Å². The quantitative estimate of drug-likeness (QED) is 0.616. The molecule has 3 atom stereocenters. The molecule has 32 heavy (non-hydrogen) atoms. The first-order valence-corrected chi connectivity index (χ1v) is 12.4. The second-order valence-corrected chi connectivity index (χ2v) is 9.65. The molecule has 1 saturated heterocycles. The number of hydrogen-bond donors (Lipinski definition) is 2. The maximum absolute atomic E-state index is 12.7. The molecule has 7 heteroatoms. The smallest absolute Gasteiger partial charge is 0.319 e. The van der Waals surface area contributed by atoms with Crippen molar-refractivity contribution in [1.29, 1.82) is 0 Å². The highest BCUT2D eigenvalue weighted by molar-refractivity contribution is 7.98. The third-order valence-electron chi connectivity index (χ3n) is 7.15. The molecule has 1 heterocycles. The van der Waals surface area contributed by atoms with E-state index in [1.54, 1.807) is 26.0 Å². The largest absolute Gasteiger partial charge is 0.493 e. The van der Waals surface area contributed by atoms with Crippen molar-refractivity contribution >= 4 is 23.5 Å². The van der Waals surface area contributed by atoms with Gasteiger partial charge in [0.05, 0.1) is 14.2 Å². The number of ether oxygens (including phenoxy) is 2. The Kier molecular flexibility index (Phi) is 6.86. The van der Waals surface area contributed by atoms with Crippen molar-refractivity contribution < 1.29 is 14.3 Å². The number of anilines is 1. The average molecular weight is 456 g/mol. The Labute approximate surface area is 195 Å². The number of thioether (sulfide) groups is 1. The van der Waals surface area contributed by atoms with Gasteiger partial charge in [-0.05, 0) is 81.4 Å². The van der Waals surface area contributed by atoms with Crippen molar-refractivity contribution in [2.24, 2.45) is 0 Å². The van der Waals surface area contributed by atoms with Crippen LogP contribution in [0.2, 0.25) is 0 Å². The van der Waals surface area contributed by atoms with Gasteiger partial charge in [0.2, 0.25) is 0 Å². The van der Waals surface area contributed by atoms with Crippen molar-refractivity contribution in [3.05, 3.63) is 48.0 Å². The van der Waals surface area contributed by atoms with Gasteiger partial charge in [-0.2, -0.15) is 0 Å². The number of hydrogen-bond acceptors (Lipinski definition) is 5. The van der Waals surface area contributed by atoms with E-state index in [1.807, 2.05) is 36.6 Å². The molecule has 1 aliphatic heterocycles. The molecule has 2 aromatic carbocycles. The van der Waals surface area contributed by atoms with Gasteiger partial charge in [0.1, 0.15) is 0 Å². The Morgan fingerprint density at radius 1 is 1.12 bits per heavy atom. The van der Waals surface area contributed by atoms with Crippen LogP contribution in [-0.4, -0.2) is 57.1 Å². The first-order chi connectivity index (χ1) is 15.5. The van der Waals surface area contributed by atoms with Crippen LogP contribution in [-0.2, 0) is 5.41 Å². The van der Waals surface area contributed by atoms with E-state index in [4.69, 9.17) is 9.47 Å². The number of benzene rings is 2. The molecule has 2 aromatic rings. The Balaban J connectivity index is 1.47. The van der Waals surface area contributed by atoms with Crippen LogP contribution >= 0.6 is 11.8 Å². The highest BCUT2D eigenvalue weighted by Crippen LogP contribution is 2.49. The Morgan fingerprint density at radius 2 is 1.94 bits per heavy atom. The predicted octanol–water partition coefficient (Wildman–Crippen LogP) is 4.74. The standard InChI is InChI=1S/C25H33N3O3S/c1-28-13-12-25(17-8-9-21(30-2)22(14-17)31-3)11-10-19(16-23(25)28)27-24(29)26-18-6-5-7-20(15-18)32-4/h5-9,14-15,19,23H,10-13,16H2,1-4H3,(H2,26,27,29). The van der Waals surface area contributed by atoms with Crippen molar-refractivity contribution in [3.63, 3.8) is 0 Å². The summed E-state index contributed by atoms with van der Waals surface area (Å²) in [4.78, 5) is 16.3. The monoisotopic (exact) mass is 455 g/mol. The summed E-state index contributed by atoms with van der Waals surface area (Å²) in [6, 6.07) is 14.7. The topological polar surface area (TPSA) is 62.8 Å². The fourth-order valence-corrected chi connectivity index (χ4v) is 5.91. The van der Waals surface area contributed by atoms with Crippen LogP contribution in [0.3, 0.4) is 0 Å². The number of nitrogens with zero attached hydrogens (tertiary/aromatic N) is 1. The molecule has 172 valence electrons. The van der Waals surface area contributed by atoms with Crippen LogP contribution < -0.4 is 20.1 Å². The lowest BCUT2D eigenvalue weighted by Crippen LogP contribution is -2.52. The fourth-order valence-electron chi connectivity index (χ4n) is 5.45. The number of amides is 2. The second-order valence-electron chi connectivity index (χ2n) is 8.77. The van der Waals surface area contributed by atoms with Gasteiger partial charge in [-0.25, -0.2) is 4.79 Å². The number of carbonyl (C=O) groups excluding carboxylic acids is 1. The molecule has 0 radical (unpaired) electrons. The van der Waals surface area contributed by atoms with Gasteiger partial charge in [0.15, 0.2) is 11.5 Å². The minimum Gasteiger partial charge on any atom is -0.493 e. The number of carbonyl (C=O) groups is 1. The van der Waals surface area contributed by atoms with Crippen LogP contribution in [0.1, 0.15) is 31.2 Å². The third kappa shape index (κ3) is 4.41. The van der Waals surface area contributed by atoms with Crippen LogP contribution in [0.4, 0.5) is 10.5 Å². The van der Waals surface area contributed by atoms with Crippen LogP contribution in [0.25, 0.3) is 0 Å². The predicted molar refractivity (Wildman–Crippen MR) is 130 cm³/mol. The second kappa shape index (κ2) is 9.63. The van der Waals surface area contributed by atoms with Crippen LogP contribution in [0, 0.1) is 0 Å². The zero-order chi connectivity index (χ0) is 22.7. The molecule has 6 nitrogen and oxygen atoms in total. The summed E-state index contributed by atoms with van der Waals surface area (Å²) in [7, 11) is 5.55. The maximum Gasteiger partial charge on any atom is 0.319 e. The number of likely N-dealkylation sites (N-methyl/N-ethyl adjacent to an activating group) is 1. The van der Waals surface area contributed by atoms with Crippen LogP contribution in [0.15, 0.2) is 47.4 Å². The van der Waals surface area contributed by atoms with Gasteiger partial charge >= 0.3 is 6.03 Å². The fraction of sp³-hybridized carbons (Fsp3) is 0.480. The van der Waals surface area contributed by atoms with Gasteiger partial charge in [0, 0.05) is 28.1 Å². The van der Waals surface area contributed by atoms with Crippen molar-refractivity contribution in [2.75, 3.05) is 39.4 Å². The Morgan fingerprint density at radius 3 is 2.69 bits per heavy atom. The van der Waals surface area contributed by atoms with Crippen LogP contribution in [0.5, 0.6) is 11.5 Å². The van der Waals surface area contributed by atoms with E-state index < -0.39 is 0 Å². The van der Waals surface area contributed by atoms with E-state index in [-0.39, 0.29) is 17.5 Å². The molecular formula is C25H33N3O3S. The van der Waals surface area contributed by atoms with Gasteiger partial charge in [-0.15, -0.1) is 11.8 Å². The molecule has 2 amide bonds. The molecule has 1 aliphatic carbocycles. The highest BCUT2D eigenvalue weighted by atomic mass is 32.2. The number of rotatable bonds is 6. The van der Waals surface area contributed by atoms with E-state index in [1.165, 1.54) is 5.56 Å². The Bertz CT molecular complexity index is 969. The number of nitrogens with one attached hydrogen (secondary N) is 2. The molecule has 2 fully saturated rings. The third-order valence-corrected chi connectivity index (χ3v) is 7.87. The molecular weight excluding hydrogens is 422 g/mol. The van der Waals surface area contributed by atoms with E-state index in [2.05, 4.69) is 34.7 Å². The van der Waals surface area contributed by atoms with E-state index in [0.717, 1.165) is 54.3 Å².